The van der Waals surface area contributed by atoms with E-state index < -0.39 is 0 Å². The number of ether oxygens (including phenoxy) is 1. The van der Waals surface area contributed by atoms with Crippen LogP contribution in [0.15, 0.2) is 40.2 Å². The van der Waals surface area contributed by atoms with E-state index in [1.165, 1.54) is 4.88 Å². The average Bonchev–Trinajstić information content (AvgIpc) is 3.06. The average molecular weight is 384 g/mol. The van der Waals surface area contributed by atoms with E-state index in [1.807, 2.05) is 42.2 Å². The van der Waals surface area contributed by atoms with Crippen LogP contribution in [0.5, 0.6) is 5.75 Å². The van der Waals surface area contributed by atoms with Gasteiger partial charge in [0.25, 0.3) is 0 Å². The van der Waals surface area contributed by atoms with Crippen LogP contribution in [0.4, 0.5) is 5.69 Å². The Labute approximate surface area is 140 Å². The molecule has 1 fully saturated rings. The summed E-state index contributed by atoms with van der Waals surface area (Å²) in [6.07, 6.45) is 0. The first-order valence-corrected chi connectivity index (χ1v) is 9.26. The largest absolute Gasteiger partial charge is 0.494 e. The number of hydrogen-bond donors (Lipinski definition) is 0. The quantitative estimate of drug-likeness (QED) is 0.766. The van der Waals surface area contributed by atoms with Gasteiger partial charge in [0.05, 0.1) is 16.1 Å². The van der Waals surface area contributed by atoms with E-state index in [9.17, 15) is 4.79 Å². The second-order valence-electron chi connectivity index (χ2n) is 4.50. The number of halogens is 1. The Bertz CT molecular complexity index is 641. The van der Waals surface area contributed by atoms with Crippen LogP contribution in [-0.2, 0) is 4.79 Å². The number of anilines is 1. The fourth-order valence-corrected chi connectivity index (χ4v) is 5.06. The van der Waals surface area contributed by atoms with Crippen LogP contribution in [0.25, 0.3) is 0 Å². The van der Waals surface area contributed by atoms with Crippen molar-refractivity contribution >= 4 is 50.6 Å². The van der Waals surface area contributed by atoms with Crippen LogP contribution in [0.1, 0.15) is 17.2 Å². The second kappa shape index (κ2) is 6.42. The fourth-order valence-electron chi connectivity index (χ4n) is 2.24. The zero-order chi connectivity index (χ0) is 14.8. The molecular weight excluding hydrogens is 370 g/mol. The number of hydrogen-bond acceptors (Lipinski definition) is 4. The summed E-state index contributed by atoms with van der Waals surface area (Å²) in [6.45, 7) is 2.60. The Morgan fingerprint density at radius 3 is 2.67 bits per heavy atom. The number of carbonyl (C=O) groups excluding carboxylic acids is 1. The molecule has 1 unspecified atom stereocenters. The molecule has 3 nitrogen and oxygen atoms in total. The molecule has 6 heteroatoms. The van der Waals surface area contributed by atoms with Crippen molar-refractivity contribution < 1.29 is 9.53 Å². The van der Waals surface area contributed by atoms with Crippen LogP contribution >= 0.6 is 39.0 Å². The summed E-state index contributed by atoms with van der Waals surface area (Å²) in [6, 6.07) is 11.8. The van der Waals surface area contributed by atoms with Gasteiger partial charge in [0, 0.05) is 10.6 Å². The normalized spacial score (nSPS) is 18.3. The first-order chi connectivity index (χ1) is 10.2. The Kier molecular flexibility index (Phi) is 4.57. The predicted molar refractivity (Wildman–Crippen MR) is 92.3 cm³/mol. The Morgan fingerprint density at radius 1 is 1.29 bits per heavy atom. The SMILES string of the molecule is CCOc1ccc(N2C(=O)CSC2c2ccc(Br)s2)cc1. The highest BCUT2D eigenvalue weighted by molar-refractivity contribution is 9.11. The minimum absolute atomic E-state index is 0.0618. The standard InChI is InChI=1S/C15H14BrNO2S2/c1-2-19-11-5-3-10(4-6-11)17-14(18)9-20-15(17)12-7-8-13(16)21-12/h3-8,15H,2,9H2,1H3. The predicted octanol–water partition coefficient (Wildman–Crippen LogP) is 4.69. The molecule has 0 spiro atoms. The molecular formula is C15H14BrNO2S2. The molecule has 0 N–H and O–H groups in total. The molecule has 21 heavy (non-hydrogen) atoms. The number of thiophene rings is 1. The van der Waals surface area contributed by atoms with Gasteiger partial charge in [0.15, 0.2) is 0 Å². The van der Waals surface area contributed by atoms with Crippen LogP contribution in [0.2, 0.25) is 0 Å². The van der Waals surface area contributed by atoms with Gasteiger partial charge in [-0.3, -0.25) is 9.69 Å². The van der Waals surface area contributed by atoms with Gasteiger partial charge in [-0.2, -0.15) is 0 Å². The maximum Gasteiger partial charge on any atom is 0.238 e. The van der Waals surface area contributed by atoms with E-state index in [0.29, 0.717) is 12.4 Å². The molecule has 2 aromatic rings. The molecule has 110 valence electrons. The van der Waals surface area contributed by atoms with Crippen molar-refractivity contribution in [3.63, 3.8) is 0 Å². The van der Waals surface area contributed by atoms with Crippen LogP contribution in [0, 0.1) is 0 Å². The highest BCUT2D eigenvalue weighted by Gasteiger charge is 2.34. The number of nitrogens with zero attached hydrogens (tertiary/aromatic N) is 1. The summed E-state index contributed by atoms with van der Waals surface area (Å²) in [7, 11) is 0. The van der Waals surface area contributed by atoms with Gasteiger partial charge in [0.1, 0.15) is 11.1 Å². The molecule has 1 atom stereocenters. The van der Waals surface area contributed by atoms with Crippen molar-refractivity contribution in [3.05, 3.63) is 45.1 Å². The first-order valence-electron chi connectivity index (χ1n) is 6.61. The third kappa shape index (κ3) is 3.12. The summed E-state index contributed by atoms with van der Waals surface area (Å²) < 4.78 is 6.54. The highest BCUT2D eigenvalue weighted by Crippen LogP contribution is 2.44. The summed E-state index contributed by atoms with van der Waals surface area (Å²) in [5.74, 6) is 1.50. The lowest BCUT2D eigenvalue weighted by atomic mass is 10.2. The highest BCUT2D eigenvalue weighted by atomic mass is 79.9. The van der Waals surface area contributed by atoms with Crippen LogP contribution < -0.4 is 9.64 Å². The number of carbonyl (C=O) groups is 1. The maximum absolute atomic E-state index is 12.2. The van der Waals surface area contributed by atoms with Gasteiger partial charge in [-0.25, -0.2) is 0 Å². The molecule has 0 aliphatic carbocycles. The maximum atomic E-state index is 12.2. The molecule has 1 amide bonds. The van der Waals surface area contributed by atoms with Gasteiger partial charge in [-0.1, -0.05) is 0 Å². The van der Waals surface area contributed by atoms with E-state index in [4.69, 9.17) is 4.74 Å². The van der Waals surface area contributed by atoms with E-state index in [0.717, 1.165) is 15.2 Å². The van der Waals surface area contributed by atoms with Crippen LogP contribution in [-0.4, -0.2) is 18.3 Å². The van der Waals surface area contributed by atoms with Crippen molar-refractivity contribution in [1.29, 1.82) is 0 Å². The zero-order valence-corrected chi connectivity index (χ0v) is 14.6. The monoisotopic (exact) mass is 383 g/mol. The van der Waals surface area contributed by atoms with Crippen LogP contribution in [0.3, 0.4) is 0 Å². The van der Waals surface area contributed by atoms with E-state index in [1.54, 1.807) is 23.1 Å². The molecule has 3 rings (SSSR count). The molecule has 1 aromatic heterocycles. The van der Waals surface area contributed by atoms with Gasteiger partial charge in [-0.15, -0.1) is 23.1 Å². The number of amides is 1. The molecule has 1 aliphatic heterocycles. The summed E-state index contributed by atoms with van der Waals surface area (Å²) >= 11 is 6.83. The molecule has 1 aromatic carbocycles. The van der Waals surface area contributed by atoms with Crippen molar-refractivity contribution in [1.82, 2.24) is 0 Å². The van der Waals surface area contributed by atoms with Gasteiger partial charge in [-0.05, 0) is 59.3 Å². The van der Waals surface area contributed by atoms with Crippen molar-refractivity contribution in [2.24, 2.45) is 0 Å². The first kappa shape index (κ1) is 14.9. The Balaban J connectivity index is 1.88. The van der Waals surface area contributed by atoms with Gasteiger partial charge >= 0.3 is 0 Å². The Morgan fingerprint density at radius 2 is 2.05 bits per heavy atom. The molecule has 1 saturated heterocycles. The summed E-state index contributed by atoms with van der Waals surface area (Å²) in [4.78, 5) is 15.3. The third-order valence-corrected chi connectivity index (χ3v) is 6.15. The lowest BCUT2D eigenvalue weighted by Gasteiger charge is -2.23. The van der Waals surface area contributed by atoms with Crippen molar-refractivity contribution in [2.45, 2.75) is 12.3 Å². The number of rotatable bonds is 4. The zero-order valence-electron chi connectivity index (χ0n) is 11.4. The summed E-state index contributed by atoms with van der Waals surface area (Å²) in [5, 5.41) is 0.0618. The van der Waals surface area contributed by atoms with E-state index in [2.05, 4.69) is 22.0 Å². The number of benzene rings is 1. The summed E-state index contributed by atoms with van der Waals surface area (Å²) in [5.41, 5.74) is 0.919. The van der Waals surface area contributed by atoms with Crippen molar-refractivity contribution in [3.8, 4) is 5.75 Å². The molecule has 0 bridgehead atoms. The molecule has 0 radical (unpaired) electrons. The second-order valence-corrected chi connectivity index (χ2v) is 8.06. The molecule has 0 saturated carbocycles. The third-order valence-electron chi connectivity index (χ3n) is 3.13. The van der Waals surface area contributed by atoms with Gasteiger partial charge < -0.3 is 4.74 Å². The minimum Gasteiger partial charge on any atom is -0.494 e. The van der Waals surface area contributed by atoms with Gasteiger partial charge in [0.2, 0.25) is 5.91 Å². The Hall–Kier alpha value is -0.980. The molecule has 2 heterocycles. The number of thioether (sulfide) groups is 1. The lowest BCUT2D eigenvalue weighted by Crippen LogP contribution is -2.27. The lowest BCUT2D eigenvalue weighted by molar-refractivity contribution is -0.115. The van der Waals surface area contributed by atoms with Crippen molar-refractivity contribution in [2.75, 3.05) is 17.3 Å². The smallest absolute Gasteiger partial charge is 0.238 e. The fraction of sp³-hybridized carbons (Fsp3) is 0.267. The topological polar surface area (TPSA) is 29.5 Å². The molecule has 1 aliphatic rings. The minimum atomic E-state index is 0.0618. The van der Waals surface area contributed by atoms with E-state index >= 15 is 0 Å². The van der Waals surface area contributed by atoms with E-state index in [-0.39, 0.29) is 11.3 Å².